The van der Waals surface area contributed by atoms with Gasteiger partial charge in [0.1, 0.15) is 0 Å². The van der Waals surface area contributed by atoms with Crippen molar-refractivity contribution in [3.8, 4) is 0 Å². The van der Waals surface area contributed by atoms with Gasteiger partial charge in [0.15, 0.2) is 0 Å². The molecule has 3 rings (SSSR count). The first-order valence-corrected chi connectivity index (χ1v) is 10.1. The van der Waals surface area contributed by atoms with Crippen molar-refractivity contribution in [2.75, 3.05) is 31.5 Å². The maximum absolute atomic E-state index is 12.4. The molecule has 1 fully saturated rings. The minimum Gasteiger partial charge on any atom is -0.352 e. The van der Waals surface area contributed by atoms with Crippen molar-refractivity contribution in [1.82, 2.24) is 25.5 Å². The van der Waals surface area contributed by atoms with E-state index >= 15 is 0 Å². The second-order valence-electron chi connectivity index (χ2n) is 7.01. The van der Waals surface area contributed by atoms with E-state index in [2.05, 4.69) is 25.9 Å². The molecule has 8 nitrogen and oxygen atoms in total. The number of amides is 3. The van der Waals surface area contributed by atoms with Gasteiger partial charge in [-0.3, -0.25) is 4.79 Å². The van der Waals surface area contributed by atoms with Crippen LogP contribution in [0.1, 0.15) is 37.3 Å². The smallest absolute Gasteiger partial charge is 0.315 e. The lowest BCUT2D eigenvalue weighted by atomic mass is 10.1. The Hall–Kier alpha value is -3.16. The van der Waals surface area contributed by atoms with E-state index < -0.39 is 0 Å². The number of likely N-dealkylation sites (tertiary alicyclic amines) is 1. The fraction of sp³-hybridized carbons (Fsp3) is 0.429. The fourth-order valence-corrected chi connectivity index (χ4v) is 3.32. The zero-order chi connectivity index (χ0) is 20.3. The van der Waals surface area contributed by atoms with E-state index in [1.54, 1.807) is 18.5 Å². The number of anilines is 1. The van der Waals surface area contributed by atoms with Gasteiger partial charge in [-0.1, -0.05) is 36.8 Å². The fourth-order valence-electron chi connectivity index (χ4n) is 3.32. The Morgan fingerprint density at radius 3 is 2.62 bits per heavy atom. The third-order valence-corrected chi connectivity index (χ3v) is 4.84. The molecule has 0 spiro atoms. The lowest BCUT2D eigenvalue weighted by molar-refractivity contribution is -0.131. The Morgan fingerprint density at radius 2 is 1.83 bits per heavy atom. The summed E-state index contributed by atoms with van der Waals surface area (Å²) in [4.78, 5) is 34.9. The van der Waals surface area contributed by atoms with Crippen molar-refractivity contribution in [3.05, 3.63) is 54.4 Å². The molecule has 1 aliphatic heterocycles. The van der Waals surface area contributed by atoms with Gasteiger partial charge >= 0.3 is 6.03 Å². The van der Waals surface area contributed by atoms with Crippen LogP contribution in [0.3, 0.4) is 0 Å². The first-order chi connectivity index (χ1) is 14.2. The second-order valence-corrected chi connectivity index (χ2v) is 7.01. The molecule has 1 aromatic carbocycles. The normalized spacial score (nSPS) is 15.3. The summed E-state index contributed by atoms with van der Waals surface area (Å²) < 4.78 is 0. The van der Waals surface area contributed by atoms with Crippen molar-refractivity contribution in [1.29, 1.82) is 0 Å². The number of carbonyl (C=O) groups excluding carboxylic acids is 2. The molecule has 3 amide bonds. The van der Waals surface area contributed by atoms with Crippen molar-refractivity contribution in [2.45, 2.75) is 31.7 Å². The topological polar surface area (TPSA) is 99.2 Å². The average Bonchev–Trinajstić information content (AvgIpc) is 2.96. The Labute approximate surface area is 171 Å². The van der Waals surface area contributed by atoms with Gasteiger partial charge in [0, 0.05) is 45.0 Å². The van der Waals surface area contributed by atoms with Crippen LogP contribution in [0.4, 0.5) is 10.7 Å². The maximum atomic E-state index is 12.4. The van der Waals surface area contributed by atoms with Gasteiger partial charge < -0.3 is 20.9 Å². The highest BCUT2D eigenvalue weighted by Gasteiger charge is 2.23. The average molecular weight is 396 g/mol. The Bertz CT molecular complexity index is 771. The molecule has 29 heavy (non-hydrogen) atoms. The molecule has 1 saturated heterocycles. The van der Waals surface area contributed by atoms with Gasteiger partial charge in [-0.15, -0.1) is 0 Å². The summed E-state index contributed by atoms with van der Waals surface area (Å²) in [7, 11) is 0. The first-order valence-electron chi connectivity index (χ1n) is 10.1. The second kappa shape index (κ2) is 11.0. The number of benzene rings is 1. The highest BCUT2D eigenvalue weighted by molar-refractivity contribution is 5.77. The lowest BCUT2D eigenvalue weighted by Gasteiger charge is -2.27. The number of carbonyl (C=O) groups is 2. The molecule has 0 saturated carbocycles. The summed E-state index contributed by atoms with van der Waals surface area (Å²) in [5.74, 6) is 0.689. The quantitative estimate of drug-likeness (QED) is 0.595. The van der Waals surface area contributed by atoms with Gasteiger partial charge in [-0.25, -0.2) is 14.8 Å². The van der Waals surface area contributed by atoms with E-state index in [1.165, 1.54) is 0 Å². The van der Waals surface area contributed by atoms with Crippen LogP contribution in [0, 0.1) is 0 Å². The third kappa shape index (κ3) is 6.74. The van der Waals surface area contributed by atoms with Crippen LogP contribution in [0.2, 0.25) is 0 Å². The molecular weight excluding hydrogens is 368 g/mol. The molecule has 0 aliphatic carbocycles. The Kier molecular flexibility index (Phi) is 7.80. The Balaban J connectivity index is 1.53. The van der Waals surface area contributed by atoms with Crippen molar-refractivity contribution < 1.29 is 9.59 Å². The lowest BCUT2D eigenvalue weighted by Crippen LogP contribution is -2.45. The molecule has 0 radical (unpaired) electrons. The summed E-state index contributed by atoms with van der Waals surface area (Å²) >= 11 is 0. The van der Waals surface area contributed by atoms with Gasteiger partial charge in [0.05, 0.1) is 6.04 Å². The van der Waals surface area contributed by atoms with Crippen LogP contribution in [-0.2, 0) is 4.79 Å². The zero-order valence-electron chi connectivity index (χ0n) is 16.5. The van der Waals surface area contributed by atoms with E-state index in [0.717, 1.165) is 31.4 Å². The van der Waals surface area contributed by atoms with Crippen molar-refractivity contribution >= 4 is 17.9 Å². The number of hydrogen-bond acceptors (Lipinski definition) is 5. The van der Waals surface area contributed by atoms with Crippen LogP contribution < -0.4 is 16.0 Å². The van der Waals surface area contributed by atoms with Crippen LogP contribution in [-0.4, -0.2) is 53.0 Å². The summed E-state index contributed by atoms with van der Waals surface area (Å²) in [6.07, 6.45) is 6.92. The number of nitrogens with one attached hydrogen (secondary N) is 3. The van der Waals surface area contributed by atoms with E-state index in [1.807, 2.05) is 35.2 Å². The predicted molar refractivity (Wildman–Crippen MR) is 111 cm³/mol. The minimum absolute atomic E-state index is 0.165. The number of hydrogen-bond donors (Lipinski definition) is 3. The van der Waals surface area contributed by atoms with E-state index in [4.69, 9.17) is 0 Å². The molecule has 2 heterocycles. The summed E-state index contributed by atoms with van der Waals surface area (Å²) in [5.41, 5.74) is 0.982. The van der Waals surface area contributed by atoms with Crippen LogP contribution >= 0.6 is 0 Å². The van der Waals surface area contributed by atoms with Crippen molar-refractivity contribution in [3.63, 3.8) is 0 Å². The number of rotatable bonds is 8. The van der Waals surface area contributed by atoms with E-state index in [-0.39, 0.29) is 18.0 Å². The molecule has 0 bridgehead atoms. The van der Waals surface area contributed by atoms with Gasteiger partial charge in [-0.05, 0) is 24.5 Å². The Morgan fingerprint density at radius 1 is 1.03 bits per heavy atom. The predicted octanol–water partition coefficient (Wildman–Crippen LogP) is 2.33. The molecule has 1 aromatic heterocycles. The first kappa shape index (κ1) is 20.6. The molecular formula is C21H28N6O2. The van der Waals surface area contributed by atoms with Crippen LogP contribution in [0.5, 0.6) is 0 Å². The standard InChI is InChI=1S/C21H28N6O2/c28-19-10-5-2-6-15-27(19)16-18(17-8-3-1-4-9-17)26-21(29)25-14-13-24-20-22-11-7-12-23-20/h1,3-4,7-9,11-12,18H,2,5-6,10,13-16H2,(H,22,23,24)(H2,25,26,29). The largest absolute Gasteiger partial charge is 0.352 e. The van der Waals surface area contributed by atoms with Crippen molar-refractivity contribution in [2.24, 2.45) is 0 Å². The SMILES string of the molecule is O=C(NCCNc1ncccn1)NC(CN1CCCCCC1=O)c1ccccc1. The van der Waals surface area contributed by atoms with Crippen LogP contribution in [0.15, 0.2) is 48.8 Å². The van der Waals surface area contributed by atoms with Gasteiger partial charge in [-0.2, -0.15) is 0 Å². The summed E-state index contributed by atoms with van der Waals surface area (Å²) in [5, 5.41) is 8.91. The number of aromatic nitrogens is 2. The molecule has 1 atom stereocenters. The molecule has 2 aromatic rings. The molecule has 3 N–H and O–H groups in total. The third-order valence-electron chi connectivity index (χ3n) is 4.84. The number of nitrogens with zero attached hydrogens (tertiary/aromatic N) is 3. The summed E-state index contributed by atoms with van der Waals surface area (Å²) in [6.45, 7) is 2.16. The molecule has 8 heteroatoms. The molecule has 1 aliphatic rings. The highest BCUT2D eigenvalue weighted by Crippen LogP contribution is 2.18. The van der Waals surface area contributed by atoms with Gasteiger partial charge in [0.25, 0.3) is 0 Å². The zero-order valence-corrected chi connectivity index (χ0v) is 16.5. The van der Waals surface area contributed by atoms with E-state index in [0.29, 0.717) is 32.0 Å². The minimum atomic E-state index is -0.267. The van der Waals surface area contributed by atoms with E-state index in [9.17, 15) is 9.59 Å². The molecule has 1 unspecified atom stereocenters. The number of urea groups is 1. The highest BCUT2D eigenvalue weighted by atomic mass is 16.2. The molecule has 154 valence electrons. The summed E-state index contributed by atoms with van der Waals surface area (Å²) in [6, 6.07) is 11.0. The maximum Gasteiger partial charge on any atom is 0.315 e. The monoisotopic (exact) mass is 396 g/mol. The van der Waals surface area contributed by atoms with Crippen LogP contribution in [0.25, 0.3) is 0 Å². The van der Waals surface area contributed by atoms with Gasteiger partial charge in [0.2, 0.25) is 11.9 Å².